The molecule has 0 radical (unpaired) electrons. The van der Waals surface area contributed by atoms with Gasteiger partial charge in [-0.25, -0.2) is 0 Å². The van der Waals surface area contributed by atoms with Crippen LogP contribution in [0.25, 0.3) is 0 Å². The van der Waals surface area contributed by atoms with Gasteiger partial charge in [-0.3, -0.25) is 10.1 Å². The van der Waals surface area contributed by atoms with E-state index in [0.717, 1.165) is 25.1 Å². The maximum atomic E-state index is 10.5. The summed E-state index contributed by atoms with van der Waals surface area (Å²) in [5.41, 5.74) is 1.05. The van der Waals surface area contributed by atoms with Crippen LogP contribution in [0.15, 0.2) is 24.3 Å². The number of unbranched alkanes of at least 4 members (excludes halogenated alkanes) is 1. The molecule has 1 heterocycles. The van der Waals surface area contributed by atoms with Crippen molar-refractivity contribution in [2.24, 2.45) is 0 Å². The first-order valence-corrected chi connectivity index (χ1v) is 7.26. The summed E-state index contributed by atoms with van der Waals surface area (Å²) in [6.45, 7) is 5.40. The third kappa shape index (κ3) is 4.49. The lowest BCUT2D eigenvalue weighted by molar-refractivity contribution is -0.384. The second kappa shape index (κ2) is 8.53. The lowest BCUT2D eigenvalue weighted by Crippen LogP contribution is -2.31. The molecular weight excluding hydrogens is 256 g/mol. The largest absolute Gasteiger partial charge is 0.394 e. The van der Waals surface area contributed by atoms with Crippen molar-refractivity contribution >= 4 is 11.4 Å². The second-order valence-corrected chi connectivity index (χ2v) is 4.95. The molecule has 1 saturated heterocycles. The Morgan fingerprint density at radius 1 is 1.30 bits per heavy atom. The van der Waals surface area contributed by atoms with Crippen molar-refractivity contribution in [1.82, 2.24) is 0 Å². The first-order chi connectivity index (χ1) is 9.63. The van der Waals surface area contributed by atoms with Crippen molar-refractivity contribution in [3.63, 3.8) is 0 Å². The van der Waals surface area contributed by atoms with Gasteiger partial charge < -0.3 is 10.0 Å². The molecule has 0 aromatic heterocycles. The lowest BCUT2D eigenvalue weighted by Gasteiger charge is -2.24. The van der Waals surface area contributed by atoms with Crippen LogP contribution in [0.3, 0.4) is 0 Å². The summed E-state index contributed by atoms with van der Waals surface area (Å²) in [7, 11) is 0. The van der Waals surface area contributed by atoms with Crippen LogP contribution in [-0.2, 0) is 0 Å². The molecule has 2 rings (SSSR count). The number of nitro benzene ring substituents is 1. The number of aliphatic hydroxyl groups excluding tert-OH is 1. The van der Waals surface area contributed by atoms with Crippen LogP contribution in [0, 0.1) is 10.1 Å². The summed E-state index contributed by atoms with van der Waals surface area (Å²) in [5.74, 6) is 0. The van der Waals surface area contributed by atoms with Gasteiger partial charge in [0.1, 0.15) is 0 Å². The molecule has 1 fully saturated rings. The van der Waals surface area contributed by atoms with Gasteiger partial charge in [0, 0.05) is 24.4 Å². The Hall–Kier alpha value is -1.62. The van der Waals surface area contributed by atoms with E-state index in [-0.39, 0.29) is 18.3 Å². The molecule has 112 valence electrons. The number of anilines is 1. The van der Waals surface area contributed by atoms with Gasteiger partial charge in [0.15, 0.2) is 0 Å². The summed E-state index contributed by atoms with van der Waals surface area (Å²) in [6.07, 6.45) is 4.68. The predicted molar refractivity (Wildman–Crippen MR) is 81.1 cm³/mol. The molecule has 1 aromatic carbocycles. The van der Waals surface area contributed by atoms with E-state index in [1.54, 1.807) is 12.1 Å². The van der Waals surface area contributed by atoms with E-state index >= 15 is 0 Å². The number of hydrogen-bond donors (Lipinski definition) is 1. The summed E-state index contributed by atoms with van der Waals surface area (Å²) < 4.78 is 0. The Morgan fingerprint density at radius 2 is 1.90 bits per heavy atom. The number of aliphatic hydroxyl groups is 1. The van der Waals surface area contributed by atoms with Crippen molar-refractivity contribution in [1.29, 1.82) is 0 Å². The Morgan fingerprint density at radius 3 is 2.35 bits per heavy atom. The van der Waals surface area contributed by atoms with Gasteiger partial charge in [-0.1, -0.05) is 26.7 Å². The van der Waals surface area contributed by atoms with E-state index in [1.807, 2.05) is 0 Å². The minimum atomic E-state index is -0.405. The maximum Gasteiger partial charge on any atom is 0.269 e. The lowest BCUT2D eigenvalue weighted by atomic mass is 10.2. The fraction of sp³-hybridized carbons (Fsp3) is 0.600. The van der Waals surface area contributed by atoms with Crippen LogP contribution in [0.1, 0.15) is 39.5 Å². The van der Waals surface area contributed by atoms with Gasteiger partial charge in [-0.2, -0.15) is 0 Å². The molecule has 5 heteroatoms. The number of hydrogen-bond acceptors (Lipinski definition) is 4. The highest BCUT2D eigenvalue weighted by molar-refractivity contribution is 5.52. The standard InChI is InChI=1S/C11H14N2O3.C4H10/c14-8-11-2-1-7-12(11)9-3-5-10(6-4-9)13(15)16;1-3-4-2/h3-6,11,14H,1-2,7-8H2;3-4H2,1-2H3. The van der Waals surface area contributed by atoms with Gasteiger partial charge in [-0.05, 0) is 25.0 Å². The molecule has 5 nitrogen and oxygen atoms in total. The van der Waals surface area contributed by atoms with E-state index in [0.29, 0.717) is 0 Å². The molecule has 1 aliphatic rings. The van der Waals surface area contributed by atoms with E-state index in [2.05, 4.69) is 18.7 Å². The molecule has 0 bridgehead atoms. The van der Waals surface area contributed by atoms with E-state index in [4.69, 9.17) is 0 Å². The Bertz CT molecular complexity index is 404. The number of non-ortho nitro benzene ring substituents is 1. The average Bonchev–Trinajstić information content (AvgIpc) is 2.96. The van der Waals surface area contributed by atoms with Crippen molar-refractivity contribution in [3.05, 3.63) is 34.4 Å². The highest BCUT2D eigenvalue weighted by Crippen LogP contribution is 2.26. The van der Waals surface area contributed by atoms with Gasteiger partial charge in [0.2, 0.25) is 0 Å². The number of nitro groups is 1. The average molecular weight is 280 g/mol. The van der Waals surface area contributed by atoms with Crippen LogP contribution in [0.5, 0.6) is 0 Å². The molecule has 0 aliphatic carbocycles. The zero-order chi connectivity index (χ0) is 15.0. The zero-order valence-electron chi connectivity index (χ0n) is 12.3. The Kier molecular flexibility index (Phi) is 7.01. The van der Waals surface area contributed by atoms with Crippen molar-refractivity contribution in [2.45, 2.75) is 45.6 Å². The van der Waals surface area contributed by atoms with Crippen molar-refractivity contribution in [3.8, 4) is 0 Å². The minimum Gasteiger partial charge on any atom is -0.394 e. The van der Waals surface area contributed by atoms with Crippen molar-refractivity contribution in [2.75, 3.05) is 18.1 Å². The molecule has 1 aliphatic heterocycles. The second-order valence-electron chi connectivity index (χ2n) is 4.95. The molecule has 20 heavy (non-hydrogen) atoms. The van der Waals surface area contributed by atoms with E-state index < -0.39 is 4.92 Å². The van der Waals surface area contributed by atoms with E-state index in [1.165, 1.54) is 25.0 Å². The SMILES string of the molecule is CCCC.O=[N+]([O-])c1ccc(N2CCCC2CO)cc1. The smallest absolute Gasteiger partial charge is 0.269 e. The third-order valence-corrected chi connectivity index (χ3v) is 3.48. The molecule has 0 amide bonds. The molecule has 1 unspecified atom stereocenters. The highest BCUT2D eigenvalue weighted by Gasteiger charge is 2.24. The molecular formula is C15H24N2O3. The zero-order valence-corrected chi connectivity index (χ0v) is 12.3. The normalized spacial score (nSPS) is 17.6. The number of rotatable bonds is 4. The fourth-order valence-corrected chi connectivity index (χ4v) is 2.13. The fourth-order valence-electron chi connectivity index (χ4n) is 2.13. The summed E-state index contributed by atoms with van der Waals surface area (Å²) >= 11 is 0. The molecule has 1 aromatic rings. The number of nitrogens with zero attached hydrogens (tertiary/aromatic N) is 2. The Labute approximate surface area is 120 Å². The predicted octanol–water partition coefficient (Wildman–Crippen LogP) is 3.36. The van der Waals surface area contributed by atoms with Gasteiger partial charge in [0.05, 0.1) is 17.6 Å². The van der Waals surface area contributed by atoms with Gasteiger partial charge in [-0.15, -0.1) is 0 Å². The summed E-state index contributed by atoms with van der Waals surface area (Å²) in [5, 5.41) is 19.7. The third-order valence-electron chi connectivity index (χ3n) is 3.48. The highest BCUT2D eigenvalue weighted by atomic mass is 16.6. The molecule has 1 N–H and O–H groups in total. The van der Waals surface area contributed by atoms with Crippen molar-refractivity contribution < 1.29 is 10.0 Å². The van der Waals surface area contributed by atoms with Crippen LogP contribution < -0.4 is 4.90 Å². The first kappa shape index (κ1) is 16.4. The summed E-state index contributed by atoms with van der Waals surface area (Å²) in [4.78, 5) is 12.2. The summed E-state index contributed by atoms with van der Waals surface area (Å²) in [6, 6.07) is 6.64. The van der Waals surface area contributed by atoms with Crippen LogP contribution in [-0.4, -0.2) is 29.2 Å². The molecule has 1 atom stereocenters. The minimum absolute atomic E-state index is 0.100. The quantitative estimate of drug-likeness (QED) is 0.678. The van der Waals surface area contributed by atoms with Crippen LogP contribution >= 0.6 is 0 Å². The topological polar surface area (TPSA) is 66.6 Å². The van der Waals surface area contributed by atoms with Gasteiger partial charge in [0.25, 0.3) is 5.69 Å². The molecule has 0 spiro atoms. The molecule has 0 saturated carbocycles. The van der Waals surface area contributed by atoms with E-state index in [9.17, 15) is 15.2 Å². The monoisotopic (exact) mass is 280 g/mol. The number of benzene rings is 1. The Balaban J connectivity index is 0.000000444. The maximum absolute atomic E-state index is 10.5. The van der Waals surface area contributed by atoms with Crippen LogP contribution in [0.2, 0.25) is 0 Å². The first-order valence-electron chi connectivity index (χ1n) is 7.26. The van der Waals surface area contributed by atoms with Crippen LogP contribution in [0.4, 0.5) is 11.4 Å². The van der Waals surface area contributed by atoms with Gasteiger partial charge >= 0.3 is 0 Å².